The van der Waals surface area contributed by atoms with Gasteiger partial charge in [0, 0.05) is 17.3 Å². The van der Waals surface area contributed by atoms with Crippen LogP contribution in [-0.4, -0.2) is 0 Å². The minimum absolute atomic E-state index is 0.124. The van der Waals surface area contributed by atoms with Crippen LogP contribution >= 0.6 is 11.3 Å². The van der Waals surface area contributed by atoms with Crippen LogP contribution in [0.1, 0.15) is 29.7 Å². The van der Waals surface area contributed by atoms with Crippen molar-refractivity contribution in [2.24, 2.45) is 0 Å². The zero-order chi connectivity index (χ0) is 14.8. The number of hydrogen-bond acceptors (Lipinski definition) is 2. The summed E-state index contributed by atoms with van der Waals surface area (Å²) in [6.07, 6.45) is 0. The molecule has 108 valence electrons. The summed E-state index contributed by atoms with van der Waals surface area (Å²) in [5, 5.41) is 6.98. The lowest BCUT2D eigenvalue weighted by Crippen LogP contribution is -2.18. The Morgan fingerprint density at radius 1 is 1.19 bits per heavy atom. The lowest BCUT2D eigenvalue weighted by atomic mass is 10.1. The van der Waals surface area contributed by atoms with Gasteiger partial charge in [-0.3, -0.25) is 0 Å². The van der Waals surface area contributed by atoms with Crippen LogP contribution < -0.4 is 5.32 Å². The molecular formula is C18H18FNS. The lowest BCUT2D eigenvalue weighted by molar-refractivity contribution is 0.565. The molecule has 3 aromatic rings. The monoisotopic (exact) mass is 299 g/mol. The Labute approximate surface area is 128 Å². The zero-order valence-electron chi connectivity index (χ0n) is 12.2. The van der Waals surface area contributed by atoms with Crippen LogP contribution in [0.5, 0.6) is 0 Å². The fraction of sp³-hybridized carbons (Fsp3) is 0.222. The van der Waals surface area contributed by atoms with E-state index in [0.717, 1.165) is 12.1 Å². The molecule has 1 N–H and O–H groups in total. The van der Waals surface area contributed by atoms with E-state index in [0.29, 0.717) is 5.56 Å². The molecule has 1 heterocycles. The highest BCUT2D eigenvalue weighted by molar-refractivity contribution is 7.17. The number of nitrogens with one attached hydrogen (secondary N) is 1. The quantitative estimate of drug-likeness (QED) is 0.698. The first-order valence-electron chi connectivity index (χ1n) is 7.09. The van der Waals surface area contributed by atoms with Gasteiger partial charge < -0.3 is 5.32 Å². The molecule has 21 heavy (non-hydrogen) atoms. The third kappa shape index (κ3) is 2.99. The van der Waals surface area contributed by atoms with Crippen LogP contribution in [0.25, 0.3) is 10.1 Å². The largest absolute Gasteiger partial charge is 0.306 e. The number of rotatable bonds is 4. The van der Waals surface area contributed by atoms with Gasteiger partial charge in [-0.15, -0.1) is 11.3 Å². The standard InChI is InChI=1S/C18H18FNS/c1-12-7-8-14(9-17(12)19)13(2)20-10-15-11-21-18-6-4-3-5-16(15)18/h3-9,11,13,20H,10H2,1-2H3. The highest BCUT2D eigenvalue weighted by Gasteiger charge is 2.09. The van der Waals surface area contributed by atoms with Crippen molar-refractivity contribution >= 4 is 21.4 Å². The van der Waals surface area contributed by atoms with Crippen molar-refractivity contribution in [3.8, 4) is 0 Å². The van der Waals surface area contributed by atoms with Crippen molar-refractivity contribution in [2.45, 2.75) is 26.4 Å². The molecule has 0 spiro atoms. The summed E-state index contributed by atoms with van der Waals surface area (Å²) in [4.78, 5) is 0. The maximum Gasteiger partial charge on any atom is 0.126 e. The van der Waals surface area contributed by atoms with Gasteiger partial charge in [-0.1, -0.05) is 30.3 Å². The zero-order valence-corrected chi connectivity index (χ0v) is 13.0. The molecular weight excluding hydrogens is 281 g/mol. The van der Waals surface area contributed by atoms with E-state index in [-0.39, 0.29) is 11.9 Å². The van der Waals surface area contributed by atoms with E-state index in [9.17, 15) is 4.39 Å². The molecule has 3 heteroatoms. The number of aryl methyl sites for hydroxylation is 1. The first kappa shape index (κ1) is 14.2. The molecule has 3 rings (SSSR count). The van der Waals surface area contributed by atoms with E-state index >= 15 is 0 Å². The maximum atomic E-state index is 13.6. The minimum atomic E-state index is -0.137. The summed E-state index contributed by atoms with van der Waals surface area (Å²) >= 11 is 1.77. The van der Waals surface area contributed by atoms with E-state index in [1.54, 1.807) is 24.3 Å². The molecule has 2 aromatic carbocycles. The first-order valence-corrected chi connectivity index (χ1v) is 7.97. The number of benzene rings is 2. The Morgan fingerprint density at radius 3 is 2.81 bits per heavy atom. The summed E-state index contributed by atoms with van der Waals surface area (Å²) in [5.41, 5.74) is 2.97. The second-order valence-electron chi connectivity index (χ2n) is 5.37. The van der Waals surface area contributed by atoms with Gasteiger partial charge in [-0.05, 0) is 53.4 Å². The summed E-state index contributed by atoms with van der Waals surface area (Å²) in [5.74, 6) is -0.137. The normalized spacial score (nSPS) is 12.7. The summed E-state index contributed by atoms with van der Waals surface area (Å²) in [6.45, 7) is 4.65. The second-order valence-corrected chi connectivity index (χ2v) is 6.28. The molecule has 0 aliphatic rings. The molecule has 1 atom stereocenters. The van der Waals surface area contributed by atoms with Crippen molar-refractivity contribution in [3.63, 3.8) is 0 Å². The highest BCUT2D eigenvalue weighted by atomic mass is 32.1. The van der Waals surface area contributed by atoms with Crippen LogP contribution in [-0.2, 0) is 6.54 Å². The Balaban J connectivity index is 1.73. The predicted octanol–water partition coefficient (Wildman–Crippen LogP) is 5.20. The SMILES string of the molecule is Cc1ccc(C(C)NCc2csc3ccccc23)cc1F. The second kappa shape index (κ2) is 5.96. The molecule has 0 saturated heterocycles. The third-order valence-electron chi connectivity index (χ3n) is 3.86. The summed E-state index contributed by atoms with van der Waals surface area (Å²) < 4.78 is 14.9. The average Bonchev–Trinajstić information content (AvgIpc) is 2.91. The van der Waals surface area contributed by atoms with Crippen LogP contribution in [0.3, 0.4) is 0 Å². The van der Waals surface area contributed by atoms with E-state index in [1.807, 2.05) is 12.1 Å². The first-order chi connectivity index (χ1) is 10.1. The molecule has 0 saturated carbocycles. The van der Waals surface area contributed by atoms with Gasteiger partial charge in [-0.2, -0.15) is 0 Å². The molecule has 0 aliphatic carbocycles. The molecule has 1 aromatic heterocycles. The van der Waals surface area contributed by atoms with Crippen LogP contribution in [0.4, 0.5) is 4.39 Å². The lowest BCUT2D eigenvalue weighted by Gasteiger charge is -2.14. The van der Waals surface area contributed by atoms with E-state index in [4.69, 9.17) is 0 Å². The van der Waals surface area contributed by atoms with E-state index < -0.39 is 0 Å². The molecule has 0 bridgehead atoms. The summed E-state index contributed by atoms with van der Waals surface area (Å²) in [7, 11) is 0. The van der Waals surface area contributed by atoms with Crippen LogP contribution in [0.15, 0.2) is 47.8 Å². The van der Waals surface area contributed by atoms with Gasteiger partial charge in [0.15, 0.2) is 0 Å². The number of thiophene rings is 1. The van der Waals surface area contributed by atoms with Gasteiger partial charge in [-0.25, -0.2) is 4.39 Å². The topological polar surface area (TPSA) is 12.0 Å². The van der Waals surface area contributed by atoms with Gasteiger partial charge in [0.25, 0.3) is 0 Å². The predicted molar refractivity (Wildman–Crippen MR) is 88.2 cm³/mol. The fourth-order valence-corrected chi connectivity index (χ4v) is 3.39. The number of fused-ring (bicyclic) bond motifs is 1. The molecule has 0 fully saturated rings. The maximum absolute atomic E-state index is 13.6. The van der Waals surface area contributed by atoms with Crippen molar-refractivity contribution < 1.29 is 4.39 Å². The van der Waals surface area contributed by atoms with Crippen molar-refractivity contribution in [3.05, 3.63) is 70.4 Å². The van der Waals surface area contributed by atoms with Crippen LogP contribution in [0, 0.1) is 12.7 Å². The average molecular weight is 299 g/mol. The van der Waals surface area contributed by atoms with Crippen molar-refractivity contribution in [1.29, 1.82) is 0 Å². The van der Waals surface area contributed by atoms with Crippen molar-refractivity contribution in [1.82, 2.24) is 5.32 Å². The van der Waals surface area contributed by atoms with Crippen LogP contribution in [0.2, 0.25) is 0 Å². The molecule has 0 amide bonds. The van der Waals surface area contributed by atoms with Gasteiger partial charge >= 0.3 is 0 Å². The number of hydrogen-bond donors (Lipinski definition) is 1. The Bertz CT molecular complexity index is 763. The van der Waals surface area contributed by atoms with Gasteiger partial charge in [0.05, 0.1) is 0 Å². The van der Waals surface area contributed by atoms with E-state index in [1.165, 1.54) is 15.6 Å². The smallest absolute Gasteiger partial charge is 0.126 e. The molecule has 1 unspecified atom stereocenters. The van der Waals surface area contributed by atoms with Crippen molar-refractivity contribution in [2.75, 3.05) is 0 Å². The highest BCUT2D eigenvalue weighted by Crippen LogP contribution is 2.26. The third-order valence-corrected chi connectivity index (χ3v) is 4.87. The minimum Gasteiger partial charge on any atom is -0.306 e. The molecule has 1 nitrogen and oxygen atoms in total. The Kier molecular flexibility index (Phi) is 4.04. The molecule has 0 aliphatic heterocycles. The van der Waals surface area contributed by atoms with Gasteiger partial charge in [0.2, 0.25) is 0 Å². The Morgan fingerprint density at radius 2 is 2.00 bits per heavy atom. The Hall–Kier alpha value is -1.71. The fourth-order valence-electron chi connectivity index (χ4n) is 2.43. The van der Waals surface area contributed by atoms with E-state index in [2.05, 4.69) is 41.9 Å². The number of halogens is 1. The van der Waals surface area contributed by atoms with Gasteiger partial charge in [0.1, 0.15) is 5.82 Å². The summed E-state index contributed by atoms with van der Waals surface area (Å²) in [6, 6.07) is 14.0. The molecule has 0 radical (unpaired) electrons.